The number of nitrogens with zero attached hydrogens (tertiary/aromatic N) is 1. The molecule has 2 N–H and O–H groups in total. The van der Waals surface area contributed by atoms with E-state index in [0.717, 1.165) is 80.6 Å². The Morgan fingerprint density at radius 1 is 1.18 bits per heavy atom. The number of esters is 1. The van der Waals surface area contributed by atoms with Crippen LogP contribution in [-0.4, -0.2) is 39.5 Å². The van der Waals surface area contributed by atoms with Crippen molar-refractivity contribution in [1.29, 1.82) is 0 Å². The molecule has 0 spiro atoms. The van der Waals surface area contributed by atoms with Gasteiger partial charge in [0.15, 0.2) is 0 Å². The van der Waals surface area contributed by atoms with Gasteiger partial charge in [-0.25, -0.2) is 4.98 Å². The summed E-state index contributed by atoms with van der Waals surface area (Å²) in [4.78, 5) is 17.5. The van der Waals surface area contributed by atoms with E-state index in [0.29, 0.717) is 37.0 Å². The van der Waals surface area contributed by atoms with Gasteiger partial charge < -0.3 is 19.4 Å². The molecule has 7 atom stereocenters. The minimum Gasteiger partial charge on any atom is -0.461 e. The molecule has 0 amide bonds. The molecule has 4 aliphatic rings. The molecular formula is C38H57NO5. The minimum atomic E-state index is -0.650. The van der Waals surface area contributed by atoms with E-state index in [1.807, 2.05) is 13.1 Å². The molecule has 4 saturated carbocycles. The molecule has 0 aromatic carbocycles. The van der Waals surface area contributed by atoms with Crippen molar-refractivity contribution in [3.8, 4) is 0 Å². The van der Waals surface area contributed by atoms with E-state index < -0.39 is 12.2 Å². The molecule has 0 unspecified atom stereocenters. The molecule has 0 aliphatic heterocycles. The fraction of sp³-hybridized carbons (Fsp3) is 0.737. The van der Waals surface area contributed by atoms with E-state index in [2.05, 4.69) is 39.5 Å². The van der Waals surface area contributed by atoms with Crippen LogP contribution in [0.15, 0.2) is 46.1 Å². The van der Waals surface area contributed by atoms with Crippen molar-refractivity contribution >= 4 is 5.97 Å². The van der Waals surface area contributed by atoms with E-state index in [4.69, 9.17) is 14.1 Å². The number of rotatable bonds is 13. The molecule has 1 aromatic heterocycles. The molecule has 0 radical (unpaired) electrons. The number of aliphatic hydroxyl groups excluding tert-OH is 2. The highest BCUT2D eigenvalue weighted by Gasteiger charge is 2.57. The summed E-state index contributed by atoms with van der Waals surface area (Å²) in [5.41, 5.74) is 3.25. The van der Waals surface area contributed by atoms with Crippen molar-refractivity contribution < 1.29 is 24.2 Å². The lowest BCUT2D eigenvalue weighted by molar-refractivity contribution is -0.152. The van der Waals surface area contributed by atoms with Crippen LogP contribution in [0.4, 0.5) is 0 Å². The van der Waals surface area contributed by atoms with E-state index in [-0.39, 0.29) is 22.9 Å². The van der Waals surface area contributed by atoms with Crippen LogP contribution in [-0.2, 0) is 21.4 Å². The maximum absolute atomic E-state index is 12.8. The van der Waals surface area contributed by atoms with Crippen molar-refractivity contribution in [1.82, 2.24) is 4.98 Å². The zero-order chi connectivity index (χ0) is 31.5. The third-order valence-electron chi connectivity index (χ3n) is 11.8. The van der Waals surface area contributed by atoms with Crippen LogP contribution in [0.2, 0.25) is 0 Å². The Kier molecular flexibility index (Phi) is 10.6. The van der Waals surface area contributed by atoms with E-state index in [1.54, 1.807) is 0 Å². The van der Waals surface area contributed by atoms with Crippen molar-refractivity contribution in [2.24, 2.45) is 23.2 Å². The molecular weight excluding hydrogens is 550 g/mol. The summed E-state index contributed by atoms with van der Waals surface area (Å²) in [6, 6.07) is 0. The van der Waals surface area contributed by atoms with Crippen LogP contribution in [0.1, 0.15) is 136 Å². The first-order chi connectivity index (χ1) is 21.1. The molecule has 4 aliphatic carbocycles. The summed E-state index contributed by atoms with van der Waals surface area (Å²) < 4.78 is 12.5. The van der Waals surface area contributed by atoms with Crippen LogP contribution in [0, 0.1) is 23.2 Å². The Balaban J connectivity index is 1.28. The number of aryl methyl sites for hydroxylation is 1. The largest absolute Gasteiger partial charge is 0.461 e. The first-order valence-electron chi connectivity index (χ1n) is 17.7. The Morgan fingerprint density at radius 2 is 1.98 bits per heavy atom. The second-order valence-corrected chi connectivity index (χ2v) is 14.8. The fourth-order valence-electron chi connectivity index (χ4n) is 8.98. The fourth-order valence-corrected chi connectivity index (χ4v) is 8.98. The number of aliphatic hydroxyl groups is 2. The third-order valence-corrected chi connectivity index (χ3v) is 11.8. The van der Waals surface area contributed by atoms with Gasteiger partial charge >= 0.3 is 5.97 Å². The van der Waals surface area contributed by atoms with Gasteiger partial charge in [0.25, 0.3) is 0 Å². The summed E-state index contributed by atoms with van der Waals surface area (Å²) >= 11 is 0. The van der Waals surface area contributed by atoms with Crippen molar-refractivity contribution in [3.63, 3.8) is 0 Å². The number of allylic oxidation sites excluding steroid dienone is 3. The second-order valence-electron chi connectivity index (χ2n) is 14.8. The van der Waals surface area contributed by atoms with Gasteiger partial charge in [-0.05, 0) is 111 Å². The number of oxazole rings is 1. The molecule has 1 heterocycles. The molecule has 244 valence electrons. The highest BCUT2D eigenvalue weighted by Crippen LogP contribution is 2.60. The van der Waals surface area contributed by atoms with Crippen LogP contribution in [0.5, 0.6) is 0 Å². The Hall–Kier alpha value is -2.18. The maximum atomic E-state index is 12.8. The first kappa shape index (κ1) is 33.2. The molecule has 6 nitrogen and oxygen atoms in total. The highest BCUT2D eigenvalue weighted by molar-refractivity contribution is 5.69. The summed E-state index contributed by atoms with van der Waals surface area (Å²) in [6.45, 7) is 13.3. The van der Waals surface area contributed by atoms with Crippen LogP contribution in [0.25, 0.3) is 0 Å². The van der Waals surface area contributed by atoms with Crippen LogP contribution >= 0.6 is 0 Å². The van der Waals surface area contributed by atoms with Gasteiger partial charge in [-0.2, -0.15) is 0 Å². The van der Waals surface area contributed by atoms with E-state index in [1.165, 1.54) is 31.3 Å². The summed E-state index contributed by atoms with van der Waals surface area (Å²) in [5, 5.41) is 20.5. The lowest BCUT2D eigenvalue weighted by atomic mass is 9.60. The smallest absolute Gasteiger partial charge is 0.306 e. The number of fused-ring (bicyclic) bond motifs is 1. The first-order valence-corrected chi connectivity index (χ1v) is 17.7. The van der Waals surface area contributed by atoms with Crippen molar-refractivity contribution in [2.75, 3.05) is 0 Å². The summed E-state index contributed by atoms with van der Waals surface area (Å²) in [5.74, 6) is 3.34. The van der Waals surface area contributed by atoms with Gasteiger partial charge in [0.2, 0.25) is 5.89 Å². The van der Waals surface area contributed by atoms with Gasteiger partial charge in [-0.1, -0.05) is 58.4 Å². The Bertz CT molecular complexity index is 1220. The SMILES string of the molecule is C=C1/C(=C\C=C2/CCC[C@]3(C)[C@@H]([C@H](C)CC[C@@H](OC(=O)CCC)C4(c5ncc(CCCC)o5)CC4)CC[C@@H]23)C[C@@H](O)C[C@@H]1O. The number of carbonyl (C=O) groups excluding carboxylic acids is 1. The molecule has 44 heavy (non-hydrogen) atoms. The Labute approximate surface area is 265 Å². The quantitative estimate of drug-likeness (QED) is 0.219. The molecule has 4 fully saturated rings. The van der Waals surface area contributed by atoms with Gasteiger partial charge in [-0.15, -0.1) is 0 Å². The summed E-state index contributed by atoms with van der Waals surface area (Å²) in [7, 11) is 0. The molecule has 5 rings (SSSR count). The van der Waals surface area contributed by atoms with Gasteiger partial charge in [0.05, 0.1) is 23.8 Å². The molecule has 0 saturated heterocycles. The van der Waals surface area contributed by atoms with Crippen molar-refractivity contribution in [2.45, 2.75) is 154 Å². The number of ether oxygens (including phenoxy) is 1. The minimum absolute atomic E-state index is 0.0982. The van der Waals surface area contributed by atoms with Crippen LogP contribution < -0.4 is 0 Å². The van der Waals surface area contributed by atoms with Crippen molar-refractivity contribution in [3.05, 3.63) is 53.3 Å². The van der Waals surface area contributed by atoms with E-state index in [9.17, 15) is 15.0 Å². The van der Waals surface area contributed by atoms with Gasteiger partial charge in [-0.3, -0.25) is 4.79 Å². The molecule has 0 bridgehead atoms. The average Bonchev–Trinajstić information content (AvgIpc) is 3.51. The normalized spacial score (nSPS) is 32.9. The third kappa shape index (κ3) is 6.97. The molecule has 6 heteroatoms. The standard InChI is InChI=1S/C38H57NO5/c1-6-8-12-30-24-39-36(43-30)38(20-21-38)34(44-35(42)10-7-2)18-13-25(3)31-16-17-32-27(11-9-19-37(31,32)5)14-15-28-22-29(40)23-33(41)26(28)4/h14-15,24-25,29,31-34,40-41H,4,6-13,16-23H2,1-3,5H3/b27-14+,28-15-/t25-,29-,31-,32+,33+,34-,37-/m1/s1. The van der Waals surface area contributed by atoms with E-state index >= 15 is 0 Å². The van der Waals surface area contributed by atoms with Crippen LogP contribution in [0.3, 0.4) is 0 Å². The zero-order valence-electron chi connectivity index (χ0n) is 27.8. The number of hydrogen-bond donors (Lipinski definition) is 2. The number of aromatic nitrogens is 1. The summed E-state index contributed by atoms with van der Waals surface area (Å²) in [6.07, 6.45) is 20.1. The predicted molar refractivity (Wildman–Crippen MR) is 174 cm³/mol. The van der Waals surface area contributed by atoms with Gasteiger partial charge in [0, 0.05) is 19.3 Å². The predicted octanol–water partition coefficient (Wildman–Crippen LogP) is 8.32. The second kappa shape index (κ2) is 14.1. The number of unbranched alkanes of at least 4 members (excludes halogenated alkanes) is 1. The Morgan fingerprint density at radius 3 is 2.70 bits per heavy atom. The zero-order valence-corrected chi connectivity index (χ0v) is 27.8. The lowest BCUT2D eigenvalue weighted by Crippen LogP contribution is -2.37. The average molecular weight is 608 g/mol. The lowest BCUT2D eigenvalue weighted by Gasteiger charge is -2.44. The monoisotopic (exact) mass is 607 g/mol. The maximum Gasteiger partial charge on any atom is 0.306 e. The highest BCUT2D eigenvalue weighted by atomic mass is 16.5. The molecule has 1 aromatic rings. The van der Waals surface area contributed by atoms with Gasteiger partial charge in [0.1, 0.15) is 11.9 Å². The topological polar surface area (TPSA) is 92.8 Å². The number of hydrogen-bond acceptors (Lipinski definition) is 6. The number of carbonyl (C=O) groups is 1.